The summed E-state index contributed by atoms with van der Waals surface area (Å²) in [5.41, 5.74) is 5.64. The standard InChI is InChI=1S/C10H22N2/c1-12(2)8-10-5-3-9(7-11)4-6-10/h9-10H,3-8,11H2,1-2H3/t9-,10-. The summed E-state index contributed by atoms with van der Waals surface area (Å²) < 4.78 is 0. The summed E-state index contributed by atoms with van der Waals surface area (Å²) in [6.07, 6.45) is 5.49. The van der Waals surface area contributed by atoms with Gasteiger partial charge in [-0.3, -0.25) is 0 Å². The molecule has 2 N–H and O–H groups in total. The lowest BCUT2D eigenvalue weighted by molar-refractivity contribution is 0.226. The Hall–Kier alpha value is -0.0800. The molecule has 0 radical (unpaired) electrons. The zero-order valence-electron chi connectivity index (χ0n) is 8.42. The van der Waals surface area contributed by atoms with E-state index in [1.165, 1.54) is 32.2 Å². The van der Waals surface area contributed by atoms with E-state index in [9.17, 15) is 0 Å². The van der Waals surface area contributed by atoms with Crippen LogP contribution in [0.5, 0.6) is 0 Å². The lowest BCUT2D eigenvalue weighted by Gasteiger charge is -2.29. The fourth-order valence-corrected chi connectivity index (χ4v) is 2.17. The van der Waals surface area contributed by atoms with Gasteiger partial charge in [-0.05, 0) is 58.2 Å². The van der Waals surface area contributed by atoms with E-state index < -0.39 is 0 Å². The number of nitrogens with zero attached hydrogens (tertiary/aromatic N) is 1. The van der Waals surface area contributed by atoms with Gasteiger partial charge >= 0.3 is 0 Å². The molecule has 0 saturated heterocycles. The Balaban J connectivity index is 2.17. The second kappa shape index (κ2) is 4.83. The molecule has 2 heteroatoms. The molecule has 2 nitrogen and oxygen atoms in total. The van der Waals surface area contributed by atoms with E-state index in [1.54, 1.807) is 0 Å². The van der Waals surface area contributed by atoms with Crippen molar-refractivity contribution < 1.29 is 0 Å². The number of hydrogen-bond donors (Lipinski definition) is 1. The van der Waals surface area contributed by atoms with Gasteiger partial charge in [0.25, 0.3) is 0 Å². The molecule has 0 unspecified atom stereocenters. The van der Waals surface area contributed by atoms with Gasteiger partial charge in [0.2, 0.25) is 0 Å². The van der Waals surface area contributed by atoms with E-state index in [1.807, 2.05) is 0 Å². The highest BCUT2D eigenvalue weighted by atomic mass is 15.1. The molecule has 12 heavy (non-hydrogen) atoms. The molecule has 0 aromatic carbocycles. The molecule has 1 aliphatic carbocycles. The van der Waals surface area contributed by atoms with E-state index >= 15 is 0 Å². The van der Waals surface area contributed by atoms with E-state index in [2.05, 4.69) is 19.0 Å². The van der Waals surface area contributed by atoms with E-state index in [0.717, 1.165) is 18.4 Å². The molecule has 0 aromatic heterocycles. The maximum Gasteiger partial charge on any atom is 0.000356 e. The maximum atomic E-state index is 5.64. The zero-order valence-corrected chi connectivity index (χ0v) is 8.42. The lowest BCUT2D eigenvalue weighted by atomic mass is 9.82. The molecule has 0 atom stereocenters. The first kappa shape index (κ1) is 10.0. The summed E-state index contributed by atoms with van der Waals surface area (Å²) in [6, 6.07) is 0. The van der Waals surface area contributed by atoms with Crippen LogP contribution in [0.15, 0.2) is 0 Å². The first-order chi connectivity index (χ1) is 5.72. The molecule has 0 amide bonds. The third kappa shape index (κ3) is 3.11. The smallest absolute Gasteiger partial charge is 0.000356 e. The van der Waals surface area contributed by atoms with Crippen molar-refractivity contribution in [3.63, 3.8) is 0 Å². The Kier molecular flexibility index (Phi) is 4.02. The molecular formula is C10H22N2. The largest absolute Gasteiger partial charge is 0.330 e. The van der Waals surface area contributed by atoms with Crippen molar-refractivity contribution in [3.8, 4) is 0 Å². The normalized spacial score (nSPS) is 31.0. The van der Waals surface area contributed by atoms with Gasteiger partial charge in [0.15, 0.2) is 0 Å². The molecule has 0 bridgehead atoms. The van der Waals surface area contributed by atoms with E-state index in [0.29, 0.717) is 0 Å². The first-order valence-electron chi connectivity index (χ1n) is 5.07. The van der Waals surface area contributed by atoms with Crippen LogP contribution in [0.2, 0.25) is 0 Å². The molecule has 1 fully saturated rings. The van der Waals surface area contributed by atoms with Crippen molar-refractivity contribution in [2.24, 2.45) is 17.6 Å². The molecule has 1 saturated carbocycles. The second-order valence-electron chi connectivity index (χ2n) is 4.38. The average Bonchev–Trinajstić information content (AvgIpc) is 2.05. The summed E-state index contributed by atoms with van der Waals surface area (Å²) in [6.45, 7) is 2.16. The monoisotopic (exact) mass is 170 g/mol. The van der Waals surface area contributed by atoms with Crippen LogP contribution >= 0.6 is 0 Å². The van der Waals surface area contributed by atoms with Crippen LogP contribution in [-0.2, 0) is 0 Å². The quantitative estimate of drug-likeness (QED) is 0.692. The topological polar surface area (TPSA) is 29.3 Å². The van der Waals surface area contributed by atoms with Gasteiger partial charge in [0.05, 0.1) is 0 Å². The minimum absolute atomic E-state index is 0.823. The van der Waals surface area contributed by atoms with Crippen LogP contribution in [0, 0.1) is 11.8 Å². The Morgan fingerprint density at radius 1 is 1.08 bits per heavy atom. The Morgan fingerprint density at radius 2 is 1.58 bits per heavy atom. The highest BCUT2D eigenvalue weighted by Crippen LogP contribution is 2.28. The molecule has 1 aliphatic rings. The fourth-order valence-electron chi connectivity index (χ4n) is 2.17. The van der Waals surface area contributed by atoms with Crippen molar-refractivity contribution in [2.75, 3.05) is 27.2 Å². The lowest BCUT2D eigenvalue weighted by Crippen LogP contribution is -2.27. The summed E-state index contributed by atoms with van der Waals surface area (Å²) in [5, 5.41) is 0. The highest BCUT2D eigenvalue weighted by molar-refractivity contribution is 4.74. The average molecular weight is 170 g/mol. The molecule has 0 spiro atoms. The van der Waals surface area contributed by atoms with Gasteiger partial charge in [-0.2, -0.15) is 0 Å². The van der Waals surface area contributed by atoms with Crippen LogP contribution in [-0.4, -0.2) is 32.1 Å². The van der Waals surface area contributed by atoms with Crippen LogP contribution < -0.4 is 5.73 Å². The predicted octanol–water partition coefficient (Wildman–Crippen LogP) is 1.31. The van der Waals surface area contributed by atoms with Gasteiger partial charge in [-0.1, -0.05) is 0 Å². The Morgan fingerprint density at radius 3 is 2.00 bits per heavy atom. The van der Waals surface area contributed by atoms with Crippen molar-refractivity contribution in [1.29, 1.82) is 0 Å². The first-order valence-corrected chi connectivity index (χ1v) is 5.07. The Bertz CT molecular complexity index is 115. The highest BCUT2D eigenvalue weighted by Gasteiger charge is 2.20. The molecule has 72 valence electrons. The van der Waals surface area contributed by atoms with Crippen molar-refractivity contribution in [2.45, 2.75) is 25.7 Å². The van der Waals surface area contributed by atoms with E-state index in [4.69, 9.17) is 5.73 Å². The molecule has 0 aliphatic heterocycles. The SMILES string of the molecule is CN(C)C[C@H]1CC[C@H](CN)CC1. The third-order valence-corrected chi connectivity index (χ3v) is 2.92. The van der Waals surface area contributed by atoms with E-state index in [-0.39, 0.29) is 0 Å². The van der Waals surface area contributed by atoms with Gasteiger partial charge in [-0.15, -0.1) is 0 Å². The zero-order chi connectivity index (χ0) is 8.97. The maximum absolute atomic E-state index is 5.64. The van der Waals surface area contributed by atoms with Crippen molar-refractivity contribution >= 4 is 0 Å². The fraction of sp³-hybridized carbons (Fsp3) is 1.00. The molecule has 1 rings (SSSR count). The summed E-state index contributed by atoms with van der Waals surface area (Å²) >= 11 is 0. The molecular weight excluding hydrogens is 148 g/mol. The minimum atomic E-state index is 0.823. The van der Waals surface area contributed by atoms with Crippen LogP contribution in [0.3, 0.4) is 0 Å². The molecule has 0 heterocycles. The Labute approximate surface area is 76.1 Å². The van der Waals surface area contributed by atoms with Crippen molar-refractivity contribution in [3.05, 3.63) is 0 Å². The van der Waals surface area contributed by atoms with Crippen LogP contribution in [0.4, 0.5) is 0 Å². The van der Waals surface area contributed by atoms with Crippen LogP contribution in [0.1, 0.15) is 25.7 Å². The second-order valence-corrected chi connectivity index (χ2v) is 4.38. The summed E-state index contributed by atoms with van der Waals surface area (Å²) in [4.78, 5) is 2.30. The van der Waals surface area contributed by atoms with Gasteiger partial charge < -0.3 is 10.6 Å². The molecule has 0 aromatic rings. The summed E-state index contributed by atoms with van der Waals surface area (Å²) in [5.74, 6) is 1.76. The third-order valence-electron chi connectivity index (χ3n) is 2.92. The predicted molar refractivity (Wildman–Crippen MR) is 53.1 cm³/mol. The summed E-state index contributed by atoms with van der Waals surface area (Å²) in [7, 11) is 4.32. The minimum Gasteiger partial charge on any atom is -0.330 e. The van der Waals surface area contributed by atoms with Gasteiger partial charge in [-0.25, -0.2) is 0 Å². The van der Waals surface area contributed by atoms with Gasteiger partial charge in [0, 0.05) is 6.54 Å². The number of rotatable bonds is 3. The van der Waals surface area contributed by atoms with Gasteiger partial charge in [0.1, 0.15) is 0 Å². The van der Waals surface area contributed by atoms with Crippen LogP contribution in [0.25, 0.3) is 0 Å². The number of nitrogens with two attached hydrogens (primary N) is 1. The van der Waals surface area contributed by atoms with Crippen molar-refractivity contribution in [1.82, 2.24) is 4.90 Å². The number of hydrogen-bond acceptors (Lipinski definition) is 2.